The summed E-state index contributed by atoms with van der Waals surface area (Å²) in [5, 5.41) is 24.8. The zero-order valence-electron chi connectivity index (χ0n) is 20.0. The Balaban J connectivity index is -0.000000538. The van der Waals surface area contributed by atoms with Crippen LogP contribution in [0.4, 0.5) is 0 Å². The van der Waals surface area contributed by atoms with Gasteiger partial charge in [0.1, 0.15) is 13.3 Å². The van der Waals surface area contributed by atoms with Crippen molar-refractivity contribution in [3.8, 4) is 18.2 Å². The first-order valence-electron chi connectivity index (χ1n) is 10.4. The average Bonchev–Trinajstić information content (AvgIpc) is 2.80. The molecule has 0 rings (SSSR count). The third-order valence-electron chi connectivity index (χ3n) is 3.61. The summed E-state index contributed by atoms with van der Waals surface area (Å²) in [6, 6.07) is 5.48. The Morgan fingerprint density at radius 1 is 0.824 bits per heavy atom. The summed E-state index contributed by atoms with van der Waals surface area (Å²) in [5.74, 6) is -2.61. The van der Waals surface area contributed by atoms with Crippen LogP contribution in [0.25, 0.3) is 0 Å². The molecule has 0 heterocycles. The molecule has 186 valence electrons. The Morgan fingerprint density at radius 3 is 1.50 bits per heavy atom. The molecule has 0 aromatic heterocycles. The quantitative estimate of drug-likeness (QED) is 0.132. The van der Waals surface area contributed by atoms with Gasteiger partial charge in [-0.15, -0.1) is 0 Å². The molecule has 11 heteroatoms. The van der Waals surface area contributed by atoms with E-state index in [1.165, 1.54) is 6.08 Å². The number of nitrogens with zero attached hydrogens (tertiary/aromatic N) is 3. The normalized spacial score (nSPS) is 8.94. The minimum absolute atomic E-state index is 0.00282. The van der Waals surface area contributed by atoms with Crippen molar-refractivity contribution in [3.63, 3.8) is 0 Å². The van der Waals surface area contributed by atoms with Gasteiger partial charge in [-0.05, 0) is 33.6 Å². The number of ether oxygens (including phenoxy) is 4. The number of rotatable bonds is 12. The van der Waals surface area contributed by atoms with Crippen molar-refractivity contribution in [2.45, 2.75) is 52.9 Å². The van der Waals surface area contributed by atoms with Crippen molar-refractivity contribution >= 4 is 23.9 Å². The van der Waals surface area contributed by atoms with Gasteiger partial charge in [0.2, 0.25) is 6.61 Å². The van der Waals surface area contributed by atoms with E-state index in [2.05, 4.69) is 23.0 Å². The van der Waals surface area contributed by atoms with Crippen LogP contribution in [0.5, 0.6) is 0 Å². The lowest BCUT2D eigenvalue weighted by Crippen LogP contribution is -2.42. The number of hydrogen-bond acceptors (Lipinski definition) is 11. The highest BCUT2D eigenvalue weighted by molar-refractivity contribution is 6.00. The van der Waals surface area contributed by atoms with Gasteiger partial charge < -0.3 is 18.9 Å². The van der Waals surface area contributed by atoms with Crippen molar-refractivity contribution in [1.82, 2.24) is 0 Å². The SMILES string of the molecule is C=CC#N.CCOC(=O)C(CCC#N)(CCC#N)C(=O)OCC.[CH2+]COC(=O)CC(=O)OCC. The summed E-state index contributed by atoms with van der Waals surface area (Å²) in [5.41, 5.74) is -1.54. The number of allylic oxidation sites excluding steroid dienone is 1. The highest BCUT2D eigenvalue weighted by Crippen LogP contribution is 2.33. The van der Waals surface area contributed by atoms with Gasteiger partial charge in [0.05, 0.1) is 38.0 Å². The molecule has 0 bridgehead atoms. The van der Waals surface area contributed by atoms with Gasteiger partial charge >= 0.3 is 23.9 Å². The van der Waals surface area contributed by atoms with Crippen molar-refractivity contribution in [1.29, 1.82) is 15.8 Å². The van der Waals surface area contributed by atoms with Gasteiger partial charge in [-0.1, -0.05) is 6.58 Å². The van der Waals surface area contributed by atoms with Gasteiger partial charge in [-0.3, -0.25) is 19.2 Å². The fourth-order valence-corrected chi connectivity index (χ4v) is 2.19. The minimum Gasteiger partial charge on any atom is -0.466 e. The van der Waals surface area contributed by atoms with Crippen molar-refractivity contribution < 1.29 is 38.1 Å². The van der Waals surface area contributed by atoms with Crippen molar-refractivity contribution in [2.75, 3.05) is 26.4 Å². The molecular formula is C23H32N3O8+. The Hall–Kier alpha value is -4.04. The molecule has 0 radical (unpaired) electrons. The van der Waals surface area contributed by atoms with E-state index in [4.69, 9.17) is 25.3 Å². The van der Waals surface area contributed by atoms with E-state index in [1.54, 1.807) is 26.8 Å². The van der Waals surface area contributed by atoms with Crippen molar-refractivity contribution in [2.24, 2.45) is 5.41 Å². The van der Waals surface area contributed by atoms with Crippen molar-refractivity contribution in [3.05, 3.63) is 19.6 Å². The van der Waals surface area contributed by atoms with E-state index in [0.29, 0.717) is 0 Å². The monoisotopic (exact) mass is 478 g/mol. The lowest BCUT2D eigenvalue weighted by Gasteiger charge is -2.27. The summed E-state index contributed by atoms with van der Waals surface area (Å²) in [4.78, 5) is 45.3. The van der Waals surface area contributed by atoms with Gasteiger partial charge in [0, 0.05) is 18.9 Å². The van der Waals surface area contributed by atoms with Crippen LogP contribution in [0.3, 0.4) is 0 Å². The Bertz CT molecular complexity index is 706. The topological polar surface area (TPSA) is 177 Å². The first-order chi connectivity index (χ1) is 16.2. The molecule has 0 saturated carbocycles. The summed E-state index contributed by atoms with van der Waals surface area (Å²) >= 11 is 0. The standard InChI is InChI=1S/C13H18N2O4.C7H11O4.C3H3N/c1-3-18-11(16)13(7-5-9-14,8-6-10-15)12(17)19-4-2;1-3-10-6(8)5-7(9)11-4-2;1-2-3-4/h3-8H2,1-2H3;1,3-5H2,2H3;2H,1H2/q;+1;. The molecule has 11 nitrogen and oxygen atoms in total. The number of carbonyl (C=O) groups is 4. The Kier molecular flexibility index (Phi) is 24.0. The summed E-state index contributed by atoms with van der Waals surface area (Å²) in [7, 11) is 0. The average molecular weight is 479 g/mol. The van der Waals surface area contributed by atoms with Crippen LogP contribution in [0.15, 0.2) is 12.7 Å². The van der Waals surface area contributed by atoms with Gasteiger partial charge in [-0.2, -0.15) is 15.8 Å². The Labute approximate surface area is 200 Å². The smallest absolute Gasteiger partial charge is 0.323 e. The molecule has 0 N–H and O–H groups in total. The van der Waals surface area contributed by atoms with E-state index < -0.39 is 29.3 Å². The summed E-state index contributed by atoms with van der Waals surface area (Å²) < 4.78 is 18.7. The molecule has 34 heavy (non-hydrogen) atoms. The fraction of sp³-hybridized carbons (Fsp3) is 0.565. The maximum Gasteiger partial charge on any atom is 0.323 e. The molecule has 0 aliphatic rings. The first kappa shape index (κ1) is 34.6. The molecule has 0 spiro atoms. The van der Waals surface area contributed by atoms with E-state index in [1.807, 2.05) is 12.1 Å². The van der Waals surface area contributed by atoms with Crippen LogP contribution in [-0.4, -0.2) is 50.3 Å². The predicted molar refractivity (Wildman–Crippen MR) is 119 cm³/mol. The summed E-state index contributed by atoms with van der Waals surface area (Å²) in [6.45, 7) is 11.9. The highest BCUT2D eigenvalue weighted by atomic mass is 16.6. The van der Waals surface area contributed by atoms with Gasteiger partial charge in [0.15, 0.2) is 5.41 Å². The van der Waals surface area contributed by atoms with Crippen LogP contribution in [0, 0.1) is 46.3 Å². The number of esters is 4. The maximum atomic E-state index is 12.1. The zero-order valence-corrected chi connectivity index (χ0v) is 20.0. The van der Waals surface area contributed by atoms with Gasteiger partial charge in [-0.25, -0.2) is 0 Å². The van der Waals surface area contributed by atoms with E-state index in [0.717, 1.165) is 0 Å². The first-order valence-corrected chi connectivity index (χ1v) is 10.4. The molecule has 0 amide bonds. The highest BCUT2D eigenvalue weighted by Gasteiger charge is 2.48. The van der Waals surface area contributed by atoms with Crippen LogP contribution >= 0.6 is 0 Å². The van der Waals surface area contributed by atoms with E-state index >= 15 is 0 Å². The molecule has 0 aliphatic heterocycles. The number of nitriles is 3. The predicted octanol–water partition coefficient (Wildman–Crippen LogP) is 2.72. The number of hydrogen-bond donors (Lipinski definition) is 0. The zero-order chi connectivity index (χ0) is 26.8. The third-order valence-corrected chi connectivity index (χ3v) is 3.61. The minimum atomic E-state index is -1.54. The molecule has 0 unspecified atom stereocenters. The van der Waals surface area contributed by atoms with Crippen LogP contribution in [-0.2, 0) is 38.1 Å². The lowest BCUT2D eigenvalue weighted by atomic mass is 9.79. The third kappa shape index (κ3) is 16.6. The maximum absolute atomic E-state index is 12.1. The van der Waals surface area contributed by atoms with E-state index in [9.17, 15) is 19.2 Å². The molecule has 0 saturated heterocycles. The van der Waals surface area contributed by atoms with Crippen LogP contribution in [0.2, 0.25) is 0 Å². The second kappa shape index (κ2) is 23.6. The van der Waals surface area contributed by atoms with Crippen LogP contribution in [0.1, 0.15) is 52.9 Å². The molecular weight excluding hydrogens is 446 g/mol. The van der Waals surface area contributed by atoms with Crippen LogP contribution < -0.4 is 0 Å². The lowest BCUT2D eigenvalue weighted by molar-refractivity contribution is -0.173. The molecule has 0 fully saturated rings. The Morgan fingerprint density at radius 2 is 1.21 bits per heavy atom. The molecule has 0 aromatic rings. The largest absolute Gasteiger partial charge is 0.466 e. The van der Waals surface area contributed by atoms with Gasteiger partial charge in [0.25, 0.3) is 0 Å². The second-order valence-electron chi connectivity index (χ2n) is 5.87. The van der Waals surface area contributed by atoms with E-state index in [-0.39, 0.29) is 58.5 Å². The second-order valence-corrected chi connectivity index (χ2v) is 5.87. The molecule has 0 aromatic carbocycles. The fourth-order valence-electron chi connectivity index (χ4n) is 2.19. The number of carbonyl (C=O) groups excluding carboxylic acids is 4. The molecule has 0 atom stereocenters. The summed E-state index contributed by atoms with van der Waals surface area (Å²) in [6.07, 6.45) is 0.890. The molecule has 0 aliphatic carbocycles.